The van der Waals surface area contributed by atoms with E-state index in [0.717, 1.165) is 0 Å². The zero-order valence-corrected chi connectivity index (χ0v) is 11.3. The van der Waals surface area contributed by atoms with Gasteiger partial charge in [0.25, 0.3) is 0 Å². The Morgan fingerprint density at radius 1 is 1.32 bits per heavy atom. The number of hydrogen-bond donors (Lipinski definition) is 0. The molecular weight excluding hydrogens is 244 g/mol. The van der Waals surface area contributed by atoms with E-state index in [1.807, 2.05) is 6.92 Å². The molecule has 2 aromatic heterocycles. The largest absolute Gasteiger partial charge is 0.466 e. The van der Waals surface area contributed by atoms with Crippen LogP contribution < -0.4 is 0 Å². The molecule has 19 heavy (non-hydrogen) atoms. The molecule has 0 saturated heterocycles. The fraction of sp³-hybridized carbons (Fsp3) is 0.357. The molecule has 0 unspecified atom stereocenters. The van der Waals surface area contributed by atoms with Crippen LogP contribution in [-0.4, -0.2) is 21.3 Å². The molecule has 5 heteroatoms. The van der Waals surface area contributed by atoms with E-state index in [4.69, 9.17) is 4.42 Å². The van der Waals surface area contributed by atoms with Crippen molar-refractivity contribution in [2.45, 2.75) is 33.7 Å². The second-order valence-electron chi connectivity index (χ2n) is 4.43. The molecule has 0 N–H and O–H groups in total. The first-order chi connectivity index (χ1) is 9.01. The highest BCUT2D eigenvalue weighted by Gasteiger charge is 2.18. The lowest BCUT2D eigenvalue weighted by Gasteiger charge is -1.97. The number of aromatic nitrogens is 2. The second kappa shape index (κ2) is 5.22. The van der Waals surface area contributed by atoms with Gasteiger partial charge in [0.05, 0.1) is 23.7 Å². The molecule has 0 aliphatic heterocycles. The number of carbonyl (C=O) groups excluding carboxylic acids is 2. The van der Waals surface area contributed by atoms with Gasteiger partial charge in [-0.25, -0.2) is 0 Å². The zero-order chi connectivity index (χ0) is 14.0. The highest BCUT2D eigenvalue weighted by molar-refractivity contribution is 6.13. The lowest BCUT2D eigenvalue weighted by molar-refractivity contribution is 0.0893. The molecule has 2 aromatic rings. The third-order valence-corrected chi connectivity index (χ3v) is 2.94. The van der Waals surface area contributed by atoms with Gasteiger partial charge in [-0.05, 0) is 26.8 Å². The quantitative estimate of drug-likeness (QED) is 0.612. The van der Waals surface area contributed by atoms with Crippen LogP contribution in [0.1, 0.15) is 45.6 Å². The van der Waals surface area contributed by atoms with E-state index >= 15 is 0 Å². The summed E-state index contributed by atoms with van der Waals surface area (Å²) in [5, 5.41) is 4.02. The van der Waals surface area contributed by atoms with Crippen molar-refractivity contribution in [3.8, 4) is 0 Å². The van der Waals surface area contributed by atoms with Gasteiger partial charge in [0.15, 0.2) is 11.6 Å². The summed E-state index contributed by atoms with van der Waals surface area (Å²) >= 11 is 0. The standard InChI is InChI=1S/C14H16N2O3/c1-4-16-8-11(7-15-16)13(17)6-14(18)12-5-9(2)19-10(12)3/h5,7-8H,4,6H2,1-3H3. The molecule has 0 aliphatic rings. The summed E-state index contributed by atoms with van der Waals surface area (Å²) in [5.41, 5.74) is 0.946. The van der Waals surface area contributed by atoms with Crippen LogP contribution in [0, 0.1) is 13.8 Å². The number of hydrogen-bond acceptors (Lipinski definition) is 4. The molecule has 0 fully saturated rings. The molecule has 2 heterocycles. The molecule has 0 bridgehead atoms. The van der Waals surface area contributed by atoms with E-state index in [2.05, 4.69) is 5.10 Å². The normalized spacial score (nSPS) is 10.7. The number of nitrogens with zero attached hydrogens (tertiary/aromatic N) is 2. The molecule has 0 aliphatic carbocycles. The Morgan fingerprint density at radius 2 is 2.05 bits per heavy atom. The molecule has 0 spiro atoms. The van der Waals surface area contributed by atoms with Crippen molar-refractivity contribution in [2.24, 2.45) is 0 Å². The Hall–Kier alpha value is -2.17. The third-order valence-electron chi connectivity index (χ3n) is 2.94. The van der Waals surface area contributed by atoms with Gasteiger partial charge in [-0.15, -0.1) is 0 Å². The summed E-state index contributed by atoms with van der Waals surface area (Å²) in [6.45, 7) is 6.13. The van der Waals surface area contributed by atoms with E-state index in [0.29, 0.717) is 29.2 Å². The topological polar surface area (TPSA) is 65.1 Å². The molecule has 0 saturated carbocycles. The summed E-state index contributed by atoms with van der Waals surface area (Å²) < 4.78 is 6.95. The minimum Gasteiger partial charge on any atom is -0.466 e. The Kier molecular flexibility index (Phi) is 3.64. The number of furan rings is 1. The van der Waals surface area contributed by atoms with E-state index in [1.54, 1.807) is 30.8 Å². The number of carbonyl (C=O) groups is 2. The Balaban J connectivity index is 2.10. The van der Waals surface area contributed by atoms with Gasteiger partial charge >= 0.3 is 0 Å². The summed E-state index contributed by atoms with van der Waals surface area (Å²) in [4.78, 5) is 24.0. The van der Waals surface area contributed by atoms with Crippen LogP contribution in [0.4, 0.5) is 0 Å². The average molecular weight is 260 g/mol. The molecular formula is C14H16N2O3. The molecule has 0 atom stereocenters. The number of ketones is 2. The van der Waals surface area contributed by atoms with Crippen LogP contribution in [-0.2, 0) is 6.54 Å². The fourth-order valence-electron chi connectivity index (χ4n) is 1.93. The van der Waals surface area contributed by atoms with Crippen molar-refractivity contribution in [1.29, 1.82) is 0 Å². The fourth-order valence-corrected chi connectivity index (χ4v) is 1.93. The summed E-state index contributed by atoms with van der Waals surface area (Å²) in [6, 6.07) is 1.67. The van der Waals surface area contributed by atoms with Crippen molar-refractivity contribution in [1.82, 2.24) is 9.78 Å². The summed E-state index contributed by atoms with van der Waals surface area (Å²) in [7, 11) is 0. The maximum absolute atomic E-state index is 12.0. The summed E-state index contributed by atoms with van der Waals surface area (Å²) in [5.74, 6) is 0.790. The van der Waals surface area contributed by atoms with E-state index in [-0.39, 0.29) is 18.0 Å². The monoisotopic (exact) mass is 260 g/mol. The third kappa shape index (κ3) is 2.81. The first kappa shape index (κ1) is 13.3. The van der Waals surface area contributed by atoms with Gasteiger partial charge in [0.2, 0.25) is 0 Å². The smallest absolute Gasteiger partial charge is 0.174 e. The number of aryl methyl sites for hydroxylation is 3. The maximum Gasteiger partial charge on any atom is 0.174 e. The Morgan fingerprint density at radius 3 is 2.58 bits per heavy atom. The molecule has 0 radical (unpaired) electrons. The molecule has 100 valence electrons. The highest BCUT2D eigenvalue weighted by atomic mass is 16.3. The zero-order valence-electron chi connectivity index (χ0n) is 11.3. The van der Waals surface area contributed by atoms with Crippen LogP contribution in [0.2, 0.25) is 0 Å². The predicted molar refractivity (Wildman–Crippen MR) is 69.4 cm³/mol. The number of Topliss-reactive ketones (excluding diaryl/α,β-unsaturated/α-hetero) is 2. The highest BCUT2D eigenvalue weighted by Crippen LogP contribution is 2.16. The molecule has 2 rings (SSSR count). The lowest BCUT2D eigenvalue weighted by Crippen LogP contribution is -2.08. The maximum atomic E-state index is 12.0. The lowest BCUT2D eigenvalue weighted by atomic mass is 10.0. The molecule has 0 amide bonds. The Bertz CT molecular complexity index is 622. The first-order valence-electron chi connectivity index (χ1n) is 6.17. The van der Waals surface area contributed by atoms with Crippen molar-refractivity contribution in [2.75, 3.05) is 0 Å². The minimum absolute atomic E-state index is 0.158. The molecule has 5 nitrogen and oxygen atoms in total. The van der Waals surface area contributed by atoms with Crippen molar-refractivity contribution >= 4 is 11.6 Å². The van der Waals surface area contributed by atoms with Gasteiger partial charge in [-0.1, -0.05) is 0 Å². The molecule has 0 aromatic carbocycles. The van der Waals surface area contributed by atoms with E-state index in [1.165, 1.54) is 6.20 Å². The van der Waals surface area contributed by atoms with Gasteiger partial charge < -0.3 is 4.42 Å². The predicted octanol–water partition coefficient (Wildman–Crippen LogP) is 2.57. The van der Waals surface area contributed by atoms with Crippen molar-refractivity contribution in [3.05, 3.63) is 41.1 Å². The van der Waals surface area contributed by atoms with Crippen molar-refractivity contribution in [3.63, 3.8) is 0 Å². The van der Waals surface area contributed by atoms with E-state index in [9.17, 15) is 9.59 Å². The average Bonchev–Trinajstić information content (AvgIpc) is 2.95. The van der Waals surface area contributed by atoms with Crippen LogP contribution in [0.25, 0.3) is 0 Å². The minimum atomic E-state index is -0.219. The van der Waals surface area contributed by atoms with Crippen LogP contribution in [0.3, 0.4) is 0 Å². The van der Waals surface area contributed by atoms with Gasteiger partial charge in [0, 0.05) is 12.7 Å². The van der Waals surface area contributed by atoms with Gasteiger partial charge in [-0.3, -0.25) is 14.3 Å². The van der Waals surface area contributed by atoms with E-state index < -0.39 is 0 Å². The van der Waals surface area contributed by atoms with Crippen LogP contribution in [0.5, 0.6) is 0 Å². The van der Waals surface area contributed by atoms with Crippen molar-refractivity contribution < 1.29 is 14.0 Å². The van der Waals surface area contributed by atoms with Crippen LogP contribution >= 0.6 is 0 Å². The summed E-state index contributed by atoms with van der Waals surface area (Å²) in [6.07, 6.45) is 2.99. The Labute approximate surface area is 111 Å². The first-order valence-corrected chi connectivity index (χ1v) is 6.17. The second-order valence-corrected chi connectivity index (χ2v) is 4.43. The van der Waals surface area contributed by atoms with Gasteiger partial charge in [0.1, 0.15) is 11.5 Å². The SMILES string of the molecule is CCn1cc(C(=O)CC(=O)c2cc(C)oc2C)cn1. The van der Waals surface area contributed by atoms with Gasteiger partial charge in [-0.2, -0.15) is 5.10 Å². The van der Waals surface area contributed by atoms with Crippen LogP contribution in [0.15, 0.2) is 22.9 Å². The number of rotatable bonds is 5.